The predicted octanol–water partition coefficient (Wildman–Crippen LogP) is 5.82. The fourth-order valence-corrected chi connectivity index (χ4v) is 2.43. The van der Waals surface area contributed by atoms with Gasteiger partial charge in [0.05, 0.1) is 0 Å². The van der Waals surface area contributed by atoms with Crippen molar-refractivity contribution in [3.05, 3.63) is 36.5 Å². The van der Waals surface area contributed by atoms with Crippen molar-refractivity contribution < 1.29 is 0 Å². The summed E-state index contributed by atoms with van der Waals surface area (Å²) in [5.41, 5.74) is 1.51. The van der Waals surface area contributed by atoms with Gasteiger partial charge in [-0.25, -0.2) is 0 Å². The van der Waals surface area contributed by atoms with E-state index in [0.717, 1.165) is 12.3 Å². The summed E-state index contributed by atoms with van der Waals surface area (Å²) in [6.45, 7) is 6.05. The Labute approximate surface area is 108 Å². The average Bonchev–Trinajstić information content (AvgIpc) is 2.83. The minimum Gasteiger partial charge on any atom is -0.103 e. The standard InChI is InChI=1S/C11H16.C6H12/c1-2-3-5-8-11-9-6-4-7-10-11;1-6-4-2-3-5-6/h2,6,9-10H,1,3-5,7-8H2;6H,2-5H2,1H3. The molecule has 2 rings (SSSR count). The van der Waals surface area contributed by atoms with E-state index in [0.29, 0.717) is 0 Å². The first-order chi connectivity index (χ1) is 8.33. The molecule has 0 unspecified atom stereocenters. The third kappa shape index (κ3) is 7.20. The Morgan fingerprint density at radius 1 is 1.29 bits per heavy atom. The lowest BCUT2D eigenvalue weighted by molar-refractivity contribution is 0.612. The molecule has 0 amide bonds. The first-order valence-electron chi connectivity index (χ1n) is 7.29. The highest BCUT2D eigenvalue weighted by molar-refractivity contribution is 5.21. The predicted molar refractivity (Wildman–Crippen MR) is 78.1 cm³/mol. The van der Waals surface area contributed by atoms with Crippen LogP contribution in [0.5, 0.6) is 0 Å². The van der Waals surface area contributed by atoms with E-state index >= 15 is 0 Å². The van der Waals surface area contributed by atoms with Crippen LogP contribution in [0.2, 0.25) is 0 Å². The quantitative estimate of drug-likeness (QED) is 0.423. The van der Waals surface area contributed by atoms with Crippen molar-refractivity contribution >= 4 is 0 Å². The van der Waals surface area contributed by atoms with Crippen molar-refractivity contribution in [1.29, 1.82) is 0 Å². The van der Waals surface area contributed by atoms with Crippen LogP contribution in [-0.2, 0) is 0 Å². The molecule has 0 nitrogen and oxygen atoms in total. The second-order valence-corrected chi connectivity index (χ2v) is 5.33. The lowest BCUT2D eigenvalue weighted by Crippen LogP contribution is -1.84. The highest BCUT2D eigenvalue weighted by Gasteiger charge is 2.07. The summed E-state index contributed by atoms with van der Waals surface area (Å²) in [5, 5.41) is 0. The van der Waals surface area contributed by atoms with Crippen molar-refractivity contribution in [1.82, 2.24) is 0 Å². The van der Waals surface area contributed by atoms with Crippen LogP contribution in [0.1, 0.15) is 64.7 Å². The van der Waals surface area contributed by atoms with Gasteiger partial charge in [0.2, 0.25) is 0 Å². The van der Waals surface area contributed by atoms with Gasteiger partial charge < -0.3 is 0 Å². The van der Waals surface area contributed by atoms with E-state index in [1.165, 1.54) is 56.9 Å². The molecule has 0 aromatic heterocycles. The first kappa shape index (κ1) is 14.3. The first-order valence-corrected chi connectivity index (χ1v) is 7.29. The zero-order chi connectivity index (χ0) is 12.3. The normalized spacial score (nSPS) is 19.5. The molecule has 0 aromatic carbocycles. The van der Waals surface area contributed by atoms with E-state index in [-0.39, 0.29) is 0 Å². The Hall–Kier alpha value is -0.780. The number of unbranched alkanes of at least 4 members (excludes halogenated alkanes) is 1. The van der Waals surface area contributed by atoms with Crippen molar-refractivity contribution in [3.63, 3.8) is 0 Å². The monoisotopic (exact) mass is 232 g/mol. The maximum absolute atomic E-state index is 3.71. The molecular weight excluding hydrogens is 204 g/mol. The molecule has 0 saturated heterocycles. The molecule has 0 heterocycles. The van der Waals surface area contributed by atoms with Crippen LogP contribution in [0, 0.1) is 5.92 Å². The molecule has 96 valence electrons. The van der Waals surface area contributed by atoms with Gasteiger partial charge in [-0.2, -0.15) is 0 Å². The van der Waals surface area contributed by atoms with Gasteiger partial charge in [-0.15, -0.1) is 6.58 Å². The van der Waals surface area contributed by atoms with E-state index in [1.807, 2.05) is 6.08 Å². The van der Waals surface area contributed by atoms with Crippen molar-refractivity contribution in [3.8, 4) is 0 Å². The highest BCUT2D eigenvalue weighted by atomic mass is 14.1. The molecule has 0 heteroatoms. The third-order valence-corrected chi connectivity index (χ3v) is 3.59. The largest absolute Gasteiger partial charge is 0.103 e. The Bertz CT molecular complexity index is 251. The molecule has 1 fully saturated rings. The fourth-order valence-electron chi connectivity index (χ4n) is 2.43. The lowest BCUT2D eigenvalue weighted by atomic mass is 10.0. The van der Waals surface area contributed by atoms with E-state index in [1.54, 1.807) is 0 Å². The zero-order valence-corrected chi connectivity index (χ0v) is 11.5. The molecule has 2 aliphatic carbocycles. The smallest absolute Gasteiger partial charge is 0.0279 e. The number of allylic oxidation sites excluding steroid dienone is 5. The summed E-state index contributed by atoms with van der Waals surface area (Å²) < 4.78 is 0. The number of rotatable bonds is 4. The van der Waals surface area contributed by atoms with Gasteiger partial charge in [0, 0.05) is 0 Å². The van der Waals surface area contributed by atoms with Gasteiger partial charge in [0.25, 0.3) is 0 Å². The molecule has 0 N–H and O–H groups in total. The summed E-state index contributed by atoms with van der Waals surface area (Å²) in [6.07, 6.45) is 20.9. The number of hydrogen-bond acceptors (Lipinski definition) is 0. The minimum atomic E-state index is 1.05. The average molecular weight is 232 g/mol. The molecule has 0 aromatic rings. The second-order valence-electron chi connectivity index (χ2n) is 5.33. The molecule has 17 heavy (non-hydrogen) atoms. The zero-order valence-electron chi connectivity index (χ0n) is 11.5. The topological polar surface area (TPSA) is 0 Å². The molecule has 1 saturated carbocycles. The summed E-state index contributed by atoms with van der Waals surface area (Å²) in [5.74, 6) is 1.05. The van der Waals surface area contributed by atoms with Crippen molar-refractivity contribution in [2.24, 2.45) is 5.92 Å². The van der Waals surface area contributed by atoms with E-state index in [4.69, 9.17) is 0 Å². The van der Waals surface area contributed by atoms with Gasteiger partial charge in [0.1, 0.15) is 0 Å². The highest BCUT2D eigenvalue weighted by Crippen LogP contribution is 2.22. The second kappa shape index (κ2) is 9.27. The van der Waals surface area contributed by atoms with Crippen LogP contribution in [0.15, 0.2) is 36.5 Å². The van der Waals surface area contributed by atoms with E-state index in [9.17, 15) is 0 Å². The third-order valence-electron chi connectivity index (χ3n) is 3.59. The van der Waals surface area contributed by atoms with Crippen molar-refractivity contribution in [2.75, 3.05) is 0 Å². The van der Waals surface area contributed by atoms with Gasteiger partial charge in [-0.3, -0.25) is 0 Å². The maximum Gasteiger partial charge on any atom is -0.0279 e. The van der Waals surface area contributed by atoms with Crippen LogP contribution >= 0.6 is 0 Å². The van der Waals surface area contributed by atoms with Crippen LogP contribution < -0.4 is 0 Å². The minimum absolute atomic E-state index is 1.05. The van der Waals surface area contributed by atoms with Gasteiger partial charge in [-0.1, -0.05) is 62.5 Å². The molecule has 0 aliphatic heterocycles. The van der Waals surface area contributed by atoms with Gasteiger partial charge >= 0.3 is 0 Å². The molecule has 0 atom stereocenters. The van der Waals surface area contributed by atoms with Crippen LogP contribution in [0.4, 0.5) is 0 Å². The van der Waals surface area contributed by atoms with E-state index < -0.39 is 0 Å². The lowest BCUT2D eigenvalue weighted by Gasteiger charge is -2.04. The summed E-state index contributed by atoms with van der Waals surface area (Å²) in [7, 11) is 0. The van der Waals surface area contributed by atoms with Crippen LogP contribution in [-0.4, -0.2) is 0 Å². The Kier molecular flexibility index (Phi) is 7.79. The maximum atomic E-state index is 3.71. The molecule has 2 aliphatic rings. The SMILES string of the molecule is C=CCCCC1=CCCC=C1.CC1CCCC1. The Morgan fingerprint density at radius 2 is 2.06 bits per heavy atom. The molecule has 0 radical (unpaired) electrons. The van der Waals surface area contributed by atoms with Crippen molar-refractivity contribution in [2.45, 2.75) is 64.7 Å². The Balaban J connectivity index is 0.000000202. The van der Waals surface area contributed by atoms with E-state index in [2.05, 4.69) is 31.7 Å². The summed E-state index contributed by atoms with van der Waals surface area (Å²) >= 11 is 0. The van der Waals surface area contributed by atoms with Gasteiger partial charge in [-0.05, 0) is 38.0 Å². The fraction of sp³-hybridized carbons (Fsp3) is 0.647. The van der Waals surface area contributed by atoms with Crippen LogP contribution in [0.3, 0.4) is 0 Å². The number of hydrogen-bond donors (Lipinski definition) is 0. The molecular formula is C17H28. The summed E-state index contributed by atoms with van der Waals surface area (Å²) in [6, 6.07) is 0. The Morgan fingerprint density at radius 3 is 2.53 bits per heavy atom. The molecule has 0 bridgehead atoms. The van der Waals surface area contributed by atoms with Crippen LogP contribution in [0.25, 0.3) is 0 Å². The summed E-state index contributed by atoms with van der Waals surface area (Å²) in [4.78, 5) is 0. The molecule has 0 spiro atoms. The van der Waals surface area contributed by atoms with Gasteiger partial charge in [0.15, 0.2) is 0 Å².